The molecule has 6 heteroatoms. The largest absolute Gasteiger partial charge is 0.317 e. The van der Waals surface area contributed by atoms with Gasteiger partial charge in [-0.15, -0.1) is 3.77 Å². The van der Waals surface area contributed by atoms with Gasteiger partial charge in [0.1, 0.15) is 0 Å². The first-order valence-corrected chi connectivity index (χ1v) is 10.7. The lowest BCUT2D eigenvalue weighted by molar-refractivity contribution is 0.598. The Morgan fingerprint density at radius 2 is 1.31 bits per heavy atom. The average Bonchev–Trinajstić information content (AvgIpc) is 2.63. The SMILES string of the molecule is Cc1ccc([S@](=NS(=O)(=O)c2ccc(C)cc2)Nc2ccccc2)cc1. The summed E-state index contributed by atoms with van der Waals surface area (Å²) in [4.78, 5) is 1.01. The van der Waals surface area contributed by atoms with Gasteiger partial charge in [0.2, 0.25) is 0 Å². The van der Waals surface area contributed by atoms with Crippen LogP contribution in [0.4, 0.5) is 5.69 Å². The minimum Gasteiger partial charge on any atom is -0.317 e. The number of hydrogen-bond acceptors (Lipinski definition) is 2. The number of para-hydroxylation sites is 1. The molecule has 26 heavy (non-hydrogen) atoms. The molecule has 0 fully saturated rings. The van der Waals surface area contributed by atoms with Crippen LogP contribution in [0, 0.1) is 13.8 Å². The van der Waals surface area contributed by atoms with Crippen LogP contribution in [0.5, 0.6) is 0 Å². The zero-order chi connectivity index (χ0) is 18.6. The minimum atomic E-state index is -3.78. The Morgan fingerprint density at radius 3 is 1.88 bits per heavy atom. The number of nitrogens with zero attached hydrogens (tertiary/aromatic N) is 1. The van der Waals surface area contributed by atoms with E-state index in [9.17, 15) is 8.42 Å². The van der Waals surface area contributed by atoms with Crippen LogP contribution in [0.1, 0.15) is 11.1 Å². The van der Waals surface area contributed by atoms with Crippen LogP contribution in [-0.4, -0.2) is 8.42 Å². The minimum absolute atomic E-state index is 0.197. The van der Waals surface area contributed by atoms with Crippen molar-refractivity contribution in [1.82, 2.24) is 0 Å². The van der Waals surface area contributed by atoms with Crippen molar-refractivity contribution in [3.8, 4) is 0 Å². The van der Waals surface area contributed by atoms with E-state index in [1.807, 2.05) is 68.4 Å². The number of aryl methyl sites for hydroxylation is 2. The highest BCUT2D eigenvalue weighted by Crippen LogP contribution is 2.20. The number of nitrogens with one attached hydrogen (secondary N) is 1. The highest BCUT2D eigenvalue weighted by Gasteiger charge is 2.15. The smallest absolute Gasteiger partial charge is 0.289 e. The number of anilines is 1. The fourth-order valence-electron chi connectivity index (χ4n) is 2.26. The van der Waals surface area contributed by atoms with Gasteiger partial charge in [-0.3, -0.25) is 0 Å². The molecule has 0 aliphatic carbocycles. The Labute approximate surface area is 157 Å². The van der Waals surface area contributed by atoms with Crippen LogP contribution in [0.25, 0.3) is 0 Å². The number of sulfonamides is 1. The summed E-state index contributed by atoms with van der Waals surface area (Å²) in [6, 6.07) is 23.9. The van der Waals surface area contributed by atoms with Crippen LogP contribution in [-0.2, 0) is 20.9 Å². The second-order valence-electron chi connectivity index (χ2n) is 5.93. The quantitative estimate of drug-likeness (QED) is 0.682. The lowest BCUT2D eigenvalue weighted by atomic mass is 10.2. The zero-order valence-corrected chi connectivity index (χ0v) is 16.2. The summed E-state index contributed by atoms with van der Waals surface area (Å²) in [6.07, 6.45) is 0. The molecule has 3 rings (SSSR count). The van der Waals surface area contributed by atoms with Crippen molar-refractivity contribution in [3.63, 3.8) is 0 Å². The number of hydrogen-bond donors (Lipinski definition) is 1. The van der Waals surface area contributed by atoms with Crippen LogP contribution >= 0.6 is 0 Å². The summed E-state index contributed by atoms with van der Waals surface area (Å²) in [5, 5.41) is 0. The molecule has 0 aromatic heterocycles. The van der Waals surface area contributed by atoms with Crippen molar-refractivity contribution >= 4 is 26.6 Å². The van der Waals surface area contributed by atoms with Gasteiger partial charge in [0.15, 0.2) is 0 Å². The molecule has 0 heterocycles. The van der Waals surface area contributed by atoms with Crippen molar-refractivity contribution in [1.29, 1.82) is 0 Å². The molecule has 1 N–H and O–H groups in total. The predicted octanol–water partition coefficient (Wildman–Crippen LogP) is 4.88. The highest BCUT2D eigenvalue weighted by molar-refractivity contribution is 8.00. The summed E-state index contributed by atoms with van der Waals surface area (Å²) in [7, 11) is -4.82. The lowest BCUT2D eigenvalue weighted by Gasteiger charge is -2.12. The molecule has 3 aromatic rings. The van der Waals surface area contributed by atoms with Gasteiger partial charge in [0.05, 0.1) is 4.90 Å². The first-order valence-electron chi connectivity index (χ1n) is 8.11. The van der Waals surface area contributed by atoms with E-state index in [2.05, 4.69) is 8.49 Å². The van der Waals surface area contributed by atoms with Crippen molar-refractivity contribution in [2.75, 3.05) is 4.72 Å². The first-order chi connectivity index (χ1) is 12.4. The van der Waals surface area contributed by atoms with Crippen molar-refractivity contribution in [3.05, 3.63) is 90.0 Å². The summed E-state index contributed by atoms with van der Waals surface area (Å²) in [5.74, 6) is 0. The van der Waals surface area contributed by atoms with Crippen molar-refractivity contribution in [2.45, 2.75) is 23.6 Å². The van der Waals surface area contributed by atoms with E-state index < -0.39 is 20.9 Å². The molecule has 4 nitrogen and oxygen atoms in total. The number of rotatable bonds is 5. The zero-order valence-electron chi connectivity index (χ0n) is 14.6. The standard InChI is InChI=1S/C20H20N2O2S2/c1-16-8-12-19(13-9-16)25(21-18-6-4-3-5-7-18)22-26(23,24)20-14-10-17(2)11-15-20/h3-15H,1-2H3,(H,21,22)/t25-/m0/s1. The molecule has 0 unspecified atom stereocenters. The normalized spacial score (nSPS) is 12.7. The Hall–Kier alpha value is -2.44. The fourth-order valence-corrected chi connectivity index (χ4v) is 5.23. The van der Waals surface area contributed by atoms with Crippen LogP contribution in [0.3, 0.4) is 0 Å². The van der Waals surface area contributed by atoms with Crippen molar-refractivity contribution < 1.29 is 8.42 Å². The van der Waals surface area contributed by atoms with Gasteiger partial charge in [-0.25, -0.2) is 0 Å². The molecule has 0 amide bonds. The molecule has 0 aliphatic heterocycles. The predicted molar refractivity (Wildman–Crippen MR) is 108 cm³/mol. The van der Waals surface area contributed by atoms with E-state index in [1.165, 1.54) is 0 Å². The van der Waals surface area contributed by atoms with Crippen LogP contribution in [0.15, 0.2) is 92.4 Å². The van der Waals surface area contributed by atoms with Gasteiger partial charge in [-0.2, -0.15) is 8.42 Å². The van der Waals surface area contributed by atoms with Gasteiger partial charge < -0.3 is 4.72 Å². The Bertz CT molecular complexity index is 1010. The van der Waals surface area contributed by atoms with E-state index in [-0.39, 0.29) is 4.90 Å². The lowest BCUT2D eigenvalue weighted by Crippen LogP contribution is -2.08. The van der Waals surface area contributed by atoms with E-state index in [1.54, 1.807) is 24.3 Å². The molecule has 0 aliphatic rings. The third-order valence-electron chi connectivity index (χ3n) is 3.72. The van der Waals surface area contributed by atoms with Gasteiger partial charge in [0.25, 0.3) is 10.0 Å². The van der Waals surface area contributed by atoms with Gasteiger partial charge in [-0.1, -0.05) is 53.6 Å². The molecule has 0 spiro atoms. The molecule has 3 aromatic carbocycles. The Kier molecular flexibility index (Phi) is 5.54. The highest BCUT2D eigenvalue weighted by atomic mass is 32.3. The van der Waals surface area contributed by atoms with Gasteiger partial charge in [-0.05, 0) is 50.2 Å². The maximum Gasteiger partial charge on any atom is 0.289 e. The molecule has 1 atom stereocenters. The third-order valence-corrected chi connectivity index (χ3v) is 7.12. The third kappa shape index (κ3) is 4.59. The molecule has 0 bridgehead atoms. The van der Waals surface area contributed by atoms with E-state index in [4.69, 9.17) is 0 Å². The van der Waals surface area contributed by atoms with E-state index >= 15 is 0 Å². The average molecular weight is 385 g/mol. The molecule has 0 saturated heterocycles. The Balaban J connectivity index is 2.05. The second kappa shape index (κ2) is 7.85. The summed E-state index contributed by atoms with van der Waals surface area (Å²) in [5.41, 5.74) is 2.93. The second-order valence-corrected chi connectivity index (χ2v) is 9.19. The molecule has 0 radical (unpaired) electrons. The van der Waals surface area contributed by atoms with E-state index in [0.29, 0.717) is 0 Å². The van der Waals surface area contributed by atoms with Crippen molar-refractivity contribution in [2.24, 2.45) is 3.77 Å². The molecular weight excluding hydrogens is 364 g/mol. The number of benzene rings is 3. The maximum atomic E-state index is 12.8. The summed E-state index contributed by atoms with van der Waals surface area (Å²) in [6.45, 7) is 3.91. The molecular formula is C20H20N2O2S2. The van der Waals surface area contributed by atoms with Gasteiger partial charge in [0, 0.05) is 21.5 Å². The molecule has 0 saturated carbocycles. The van der Waals surface area contributed by atoms with Gasteiger partial charge >= 0.3 is 0 Å². The summed E-state index contributed by atoms with van der Waals surface area (Å²) < 4.78 is 33.0. The monoisotopic (exact) mass is 384 g/mol. The topological polar surface area (TPSA) is 58.5 Å². The Morgan fingerprint density at radius 1 is 0.769 bits per heavy atom. The fraction of sp³-hybridized carbons (Fsp3) is 0.100. The molecule has 134 valence electrons. The van der Waals surface area contributed by atoms with Crippen LogP contribution in [0.2, 0.25) is 0 Å². The van der Waals surface area contributed by atoms with Crippen LogP contribution < -0.4 is 4.72 Å². The van der Waals surface area contributed by atoms with E-state index in [0.717, 1.165) is 21.7 Å². The maximum absolute atomic E-state index is 12.8. The first kappa shape index (κ1) is 18.4. The summed E-state index contributed by atoms with van der Waals surface area (Å²) >= 11 is 0.